The third-order valence-corrected chi connectivity index (χ3v) is 3.65. The van der Waals surface area contributed by atoms with Crippen LogP contribution < -0.4 is 5.73 Å². The van der Waals surface area contributed by atoms with Gasteiger partial charge in [-0.2, -0.15) is 5.26 Å². The van der Waals surface area contributed by atoms with Gasteiger partial charge in [0.2, 0.25) is 0 Å². The molecule has 4 heteroatoms. The topological polar surface area (TPSA) is 53.0 Å². The molecule has 2 rings (SSSR count). The number of rotatable bonds is 4. The highest BCUT2D eigenvalue weighted by Gasteiger charge is 2.14. The van der Waals surface area contributed by atoms with Gasteiger partial charge in [-0.05, 0) is 49.9 Å². The maximum atomic E-state index is 13.8. The molecule has 2 N–H and O–H groups in total. The standard InChI is InChI=1S/C17H18FN3/c1-12(14-4-3-5-16(20)9-14)21(2)11-15-8-13(10-19)6-7-17(15)18/h3-9,12H,11,20H2,1-2H3. The van der Waals surface area contributed by atoms with E-state index in [0.29, 0.717) is 23.4 Å². The first-order chi connectivity index (χ1) is 10.0. The van der Waals surface area contributed by atoms with Crippen LogP contribution in [-0.2, 0) is 6.54 Å². The lowest BCUT2D eigenvalue weighted by Gasteiger charge is -2.25. The Kier molecular flexibility index (Phi) is 4.56. The Labute approximate surface area is 124 Å². The van der Waals surface area contributed by atoms with Crippen LogP contribution >= 0.6 is 0 Å². The van der Waals surface area contributed by atoms with Gasteiger partial charge in [0, 0.05) is 23.8 Å². The van der Waals surface area contributed by atoms with Crippen LogP contribution in [-0.4, -0.2) is 11.9 Å². The number of hydrogen-bond donors (Lipinski definition) is 1. The van der Waals surface area contributed by atoms with E-state index in [1.165, 1.54) is 12.1 Å². The molecule has 0 aliphatic heterocycles. The van der Waals surface area contributed by atoms with Gasteiger partial charge in [-0.1, -0.05) is 12.1 Å². The average Bonchev–Trinajstić information content (AvgIpc) is 2.48. The first kappa shape index (κ1) is 15.0. The number of nitriles is 1. The van der Waals surface area contributed by atoms with Crippen molar-refractivity contribution in [3.63, 3.8) is 0 Å². The van der Waals surface area contributed by atoms with Gasteiger partial charge in [0.15, 0.2) is 0 Å². The summed E-state index contributed by atoms with van der Waals surface area (Å²) in [4.78, 5) is 2.02. The van der Waals surface area contributed by atoms with Crippen LogP contribution in [0.1, 0.15) is 29.7 Å². The zero-order valence-electron chi connectivity index (χ0n) is 12.2. The predicted octanol–water partition coefficient (Wildman–Crippen LogP) is 3.47. The van der Waals surface area contributed by atoms with Crippen molar-refractivity contribution in [3.8, 4) is 6.07 Å². The van der Waals surface area contributed by atoms with Crippen LogP contribution in [0.15, 0.2) is 42.5 Å². The van der Waals surface area contributed by atoms with Gasteiger partial charge < -0.3 is 5.73 Å². The van der Waals surface area contributed by atoms with E-state index in [-0.39, 0.29) is 11.9 Å². The summed E-state index contributed by atoms with van der Waals surface area (Å²) in [6.07, 6.45) is 0. The average molecular weight is 283 g/mol. The molecule has 0 aliphatic carbocycles. The fraction of sp³-hybridized carbons (Fsp3) is 0.235. The lowest BCUT2D eigenvalue weighted by atomic mass is 10.0. The van der Waals surface area contributed by atoms with Crippen LogP contribution in [0.25, 0.3) is 0 Å². The monoisotopic (exact) mass is 283 g/mol. The van der Waals surface area contributed by atoms with E-state index in [2.05, 4.69) is 0 Å². The summed E-state index contributed by atoms with van der Waals surface area (Å²) in [5, 5.41) is 8.90. The van der Waals surface area contributed by atoms with Crippen LogP contribution in [0, 0.1) is 17.1 Å². The molecule has 0 aliphatic rings. The molecule has 0 amide bonds. The third-order valence-electron chi connectivity index (χ3n) is 3.65. The van der Waals surface area contributed by atoms with Crippen LogP contribution in [0.2, 0.25) is 0 Å². The van der Waals surface area contributed by atoms with Crippen molar-refractivity contribution in [2.75, 3.05) is 12.8 Å². The highest BCUT2D eigenvalue weighted by molar-refractivity contribution is 5.41. The smallest absolute Gasteiger partial charge is 0.127 e. The zero-order chi connectivity index (χ0) is 15.4. The van der Waals surface area contributed by atoms with Gasteiger partial charge in [0.1, 0.15) is 5.82 Å². The quantitative estimate of drug-likeness (QED) is 0.874. The molecule has 3 nitrogen and oxygen atoms in total. The maximum Gasteiger partial charge on any atom is 0.127 e. The molecule has 2 aromatic carbocycles. The number of nitrogens with zero attached hydrogens (tertiary/aromatic N) is 2. The molecule has 0 spiro atoms. The second-order valence-corrected chi connectivity index (χ2v) is 5.18. The normalized spacial score (nSPS) is 12.1. The van der Waals surface area contributed by atoms with E-state index in [1.54, 1.807) is 6.07 Å². The fourth-order valence-electron chi connectivity index (χ4n) is 2.24. The highest BCUT2D eigenvalue weighted by Crippen LogP contribution is 2.23. The first-order valence-corrected chi connectivity index (χ1v) is 6.75. The molecule has 1 atom stereocenters. The summed E-state index contributed by atoms with van der Waals surface area (Å²) in [7, 11) is 1.92. The molecule has 0 aromatic heterocycles. The van der Waals surface area contributed by atoms with Gasteiger partial charge in [0.25, 0.3) is 0 Å². The molecule has 0 heterocycles. The van der Waals surface area contributed by atoms with Crippen molar-refractivity contribution in [3.05, 3.63) is 65.0 Å². The lowest BCUT2D eigenvalue weighted by Crippen LogP contribution is -2.22. The molecule has 0 saturated carbocycles. The van der Waals surface area contributed by atoms with Crippen LogP contribution in [0.4, 0.5) is 10.1 Å². The van der Waals surface area contributed by atoms with Gasteiger partial charge in [-0.15, -0.1) is 0 Å². The Morgan fingerprint density at radius 1 is 1.29 bits per heavy atom. The van der Waals surface area contributed by atoms with E-state index in [4.69, 9.17) is 11.0 Å². The van der Waals surface area contributed by atoms with Crippen molar-refractivity contribution in [2.45, 2.75) is 19.5 Å². The van der Waals surface area contributed by atoms with E-state index in [9.17, 15) is 4.39 Å². The summed E-state index contributed by atoms with van der Waals surface area (Å²) < 4.78 is 13.8. The van der Waals surface area contributed by atoms with E-state index >= 15 is 0 Å². The van der Waals surface area contributed by atoms with Crippen molar-refractivity contribution >= 4 is 5.69 Å². The summed E-state index contributed by atoms with van der Waals surface area (Å²) >= 11 is 0. The summed E-state index contributed by atoms with van der Waals surface area (Å²) in [6, 6.07) is 14.2. The van der Waals surface area contributed by atoms with Crippen molar-refractivity contribution in [2.24, 2.45) is 0 Å². The van der Waals surface area contributed by atoms with E-state index < -0.39 is 0 Å². The molecule has 21 heavy (non-hydrogen) atoms. The van der Waals surface area contributed by atoms with Crippen LogP contribution in [0.3, 0.4) is 0 Å². The first-order valence-electron chi connectivity index (χ1n) is 6.75. The van der Waals surface area contributed by atoms with Crippen molar-refractivity contribution in [1.82, 2.24) is 4.90 Å². The number of hydrogen-bond acceptors (Lipinski definition) is 3. The largest absolute Gasteiger partial charge is 0.399 e. The molecule has 0 bridgehead atoms. The molecule has 1 unspecified atom stereocenters. The van der Waals surface area contributed by atoms with Gasteiger partial charge in [0.05, 0.1) is 11.6 Å². The maximum absolute atomic E-state index is 13.8. The van der Waals surface area contributed by atoms with Crippen molar-refractivity contribution in [1.29, 1.82) is 5.26 Å². The second-order valence-electron chi connectivity index (χ2n) is 5.18. The van der Waals surface area contributed by atoms with E-state index in [0.717, 1.165) is 5.56 Å². The summed E-state index contributed by atoms with van der Waals surface area (Å²) in [5.74, 6) is -0.291. The zero-order valence-corrected chi connectivity index (χ0v) is 12.2. The molecular formula is C17H18FN3. The molecule has 108 valence electrons. The Bertz CT molecular complexity index is 676. The molecular weight excluding hydrogens is 265 g/mol. The SMILES string of the molecule is CC(c1cccc(N)c1)N(C)Cc1cc(C#N)ccc1F. The molecule has 2 aromatic rings. The van der Waals surface area contributed by atoms with E-state index in [1.807, 2.05) is 49.2 Å². The minimum atomic E-state index is -0.291. The highest BCUT2D eigenvalue weighted by atomic mass is 19.1. The lowest BCUT2D eigenvalue weighted by molar-refractivity contribution is 0.249. The van der Waals surface area contributed by atoms with Crippen LogP contribution in [0.5, 0.6) is 0 Å². The Morgan fingerprint density at radius 3 is 2.71 bits per heavy atom. The number of nitrogens with two attached hydrogens (primary N) is 1. The van der Waals surface area contributed by atoms with Gasteiger partial charge in [-0.25, -0.2) is 4.39 Å². The minimum absolute atomic E-state index is 0.0960. The Hall–Kier alpha value is -2.38. The Balaban J connectivity index is 2.18. The Morgan fingerprint density at radius 2 is 2.05 bits per heavy atom. The number of nitrogen functional groups attached to an aromatic ring is 1. The fourth-order valence-corrected chi connectivity index (χ4v) is 2.24. The molecule has 0 saturated heterocycles. The summed E-state index contributed by atoms with van der Waals surface area (Å²) in [6.45, 7) is 2.47. The third kappa shape index (κ3) is 3.59. The minimum Gasteiger partial charge on any atom is -0.399 e. The van der Waals surface area contributed by atoms with Gasteiger partial charge >= 0.3 is 0 Å². The number of halogens is 1. The molecule has 0 fully saturated rings. The van der Waals surface area contributed by atoms with Crippen molar-refractivity contribution < 1.29 is 4.39 Å². The second kappa shape index (κ2) is 6.38. The number of benzene rings is 2. The van der Waals surface area contributed by atoms with Gasteiger partial charge in [-0.3, -0.25) is 4.90 Å². The number of anilines is 1. The summed E-state index contributed by atoms with van der Waals surface area (Å²) in [5.41, 5.74) is 8.58. The predicted molar refractivity (Wildman–Crippen MR) is 81.9 cm³/mol. The molecule has 0 radical (unpaired) electrons.